The molecule has 1 saturated carbocycles. The van der Waals surface area contributed by atoms with Crippen LogP contribution in [0.2, 0.25) is 5.02 Å². The van der Waals surface area contributed by atoms with Crippen LogP contribution in [0.1, 0.15) is 26.7 Å². The fourth-order valence-electron chi connectivity index (χ4n) is 1.99. The van der Waals surface area contributed by atoms with Gasteiger partial charge in [-0.2, -0.15) is 0 Å². The van der Waals surface area contributed by atoms with E-state index in [1.165, 1.54) is 0 Å². The van der Waals surface area contributed by atoms with Crippen molar-refractivity contribution >= 4 is 17.5 Å². The molecule has 1 amide bonds. The number of amides is 1. The monoisotopic (exact) mass is 281 g/mol. The van der Waals surface area contributed by atoms with Crippen molar-refractivity contribution in [2.75, 3.05) is 13.2 Å². The molecule has 0 unspecified atom stereocenters. The lowest BCUT2D eigenvalue weighted by Gasteiger charge is -2.24. The lowest BCUT2D eigenvalue weighted by Crippen LogP contribution is -2.39. The molecule has 0 N–H and O–H groups in total. The predicted octanol–water partition coefficient (Wildman–Crippen LogP) is 3.37. The SMILES string of the molecule is CC(C)CN(C(=O)COc1ccc(Cl)cc1)C1CC1. The molecule has 1 aromatic carbocycles. The van der Waals surface area contributed by atoms with E-state index in [1.54, 1.807) is 24.3 Å². The first-order valence-corrected chi connectivity index (χ1v) is 7.12. The number of ether oxygens (including phenoxy) is 1. The number of benzene rings is 1. The van der Waals surface area contributed by atoms with Crippen LogP contribution in [0.15, 0.2) is 24.3 Å². The minimum atomic E-state index is 0.0751. The van der Waals surface area contributed by atoms with Crippen LogP contribution in [0.25, 0.3) is 0 Å². The van der Waals surface area contributed by atoms with Gasteiger partial charge in [-0.1, -0.05) is 25.4 Å². The molecule has 1 aromatic rings. The van der Waals surface area contributed by atoms with E-state index in [0.29, 0.717) is 22.7 Å². The van der Waals surface area contributed by atoms with Gasteiger partial charge < -0.3 is 9.64 Å². The molecule has 1 aliphatic carbocycles. The molecular weight excluding hydrogens is 262 g/mol. The van der Waals surface area contributed by atoms with Crippen molar-refractivity contribution in [2.45, 2.75) is 32.7 Å². The first-order chi connectivity index (χ1) is 9.06. The second-order valence-corrected chi connectivity index (χ2v) is 5.85. The summed E-state index contributed by atoms with van der Waals surface area (Å²) >= 11 is 5.80. The molecule has 0 spiro atoms. The minimum Gasteiger partial charge on any atom is -0.484 e. The van der Waals surface area contributed by atoms with Gasteiger partial charge in [0.15, 0.2) is 6.61 Å². The summed E-state index contributed by atoms with van der Waals surface area (Å²) in [6.45, 7) is 5.17. The second kappa shape index (κ2) is 6.29. The zero-order valence-electron chi connectivity index (χ0n) is 11.4. The second-order valence-electron chi connectivity index (χ2n) is 5.41. The molecule has 0 saturated heterocycles. The van der Waals surface area contributed by atoms with E-state index in [-0.39, 0.29) is 12.5 Å². The summed E-state index contributed by atoms with van der Waals surface area (Å²) in [6, 6.07) is 7.50. The van der Waals surface area contributed by atoms with Gasteiger partial charge in [-0.3, -0.25) is 4.79 Å². The zero-order valence-corrected chi connectivity index (χ0v) is 12.2. The molecular formula is C15H20ClNO2. The van der Waals surface area contributed by atoms with E-state index >= 15 is 0 Å². The van der Waals surface area contributed by atoms with Crippen LogP contribution in [0.4, 0.5) is 0 Å². The third-order valence-electron chi connectivity index (χ3n) is 3.05. The summed E-state index contributed by atoms with van der Waals surface area (Å²) < 4.78 is 5.51. The number of carbonyl (C=O) groups is 1. The lowest BCUT2D eigenvalue weighted by atomic mass is 10.2. The number of hydrogen-bond donors (Lipinski definition) is 0. The fraction of sp³-hybridized carbons (Fsp3) is 0.533. The Bertz CT molecular complexity index is 426. The Hall–Kier alpha value is -1.22. The highest BCUT2D eigenvalue weighted by molar-refractivity contribution is 6.30. The molecule has 3 nitrogen and oxygen atoms in total. The van der Waals surface area contributed by atoms with Crippen molar-refractivity contribution in [3.63, 3.8) is 0 Å². The summed E-state index contributed by atoms with van der Waals surface area (Å²) in [5.74, 6) is 1.24. The van der Waals surface area contributed by atoms with Crippen molar-refractivity contribution in [2.24, 2.45) is 5.92 Å². The molecule has 104 valence electrons. The first kappa shape index (κ1) is 14.2. The minimum absolute atomic E-state index is 0.0751. The Labute approximate surface area is 119 Å². The van der Waals surface area contributed by atoms with Crippen molar-refractivity contribution < 1.29 is 9.53 Å². The molecule has 0 atom stereocenters. The molecule has 4 heteroatoms. The topological polar surface area (TPSA) is 29.5 Å². The maximum Gasteiger partial charge on any atom is 0.260 e. The van der Waals surface area contributed by atoms with Gasteiger partial charge >= 0.3 is 0 Å². The highest BCUT2D eigenvalue weighted by Gasteiger charge is 2.32. The summed E-state index contributed by atoms with van der Waals surface area (Å²) in [5, 5.41) is 0.665. The average Bonchev–Trinajstić information content (AvgIpc) is 3.19. The molecule has 0 aliphatic heterocycles. The van der Waals surface area contributed by atoms with E-state index in [1.807, 2.05) is 4.90 Å². The van der Waals surface area contributed by atoms with Gasteiger partial charge in [-0.25, -0.2) is 0 Å². The molecule has 2 rings (SSSR count). The Morgan fingerprint density at radius 2 is 2.00 bits per heavy atom. The fourth-order valence-corrected chi connectivity index (χ4v) is 2.12. The standard InChI is InChI=1S/C15H20ClNO2/c1-11(2)9-17(13-5-6-13)15(18)10-19-14-7-3-12(16)4-8-14/h3-4,7-8,11,13H,5-6,9-10H2,1-2H3. The van der Waals surface area contributed by atoms with Gasteiger partial charge in [0.05, 0.1) is 0 Å². The third-order valence-corrected chi connectivity index (χ3v) is 3.30. The highest BCUT2D eigenvalue weighted by atomic mass is 35.5. The summed E-state index contributed by atoms with van der Waals surface area (Å²) in [5.41, 5.74) is 0. The molecule has 0 radical (unpaired) electrons. The molecule has 0 bridgehead atoms. The van der Waals surface area contributed by atoms with Gasteiger partial charge in [0.2, 0.25) is 0 Å². The van der Waals surface area contributed by atoms with Gasteiger partial charge in [-0.05, 0) is 43.0 Å². The number of hydrogen-bond acceptors (Lipinski definition) is 2. The van der Waals surface area contributed by atoms with Crippen molar-refractivity contribution in [1.82, 2.24) is 4.90 Å². The van der Waals surface area contributed by atoms with Crippen LogP contribution in [-0.4, -0.2) is 30.0 Å². The number of carbonyl (C=O) groups excluding carboxylic acids is 1. The van der Waals surface area contributed by atoms with Gasteiger partial charge in [0.1, 0.15) is 5.75 Å². The number of nitrogens with zero attached hydrogens (tertiary/aromatic N) is 1. The van der Waals surface area contributed by atoms with Crippen LogP contribution in [0.5, 0.6) is 5.75 Å². The first-order valence-electron chi connectivity index (χ1n) is 6.74. The van der Waals surface area contributed by atoms with Crippen molar-refractivity contribution in [1.29, 1.82) is 0 Å². The van der Waals surface area contributed by atoms with E-state index in [4.69, 9.17) is 16.3 Å². The molecule has 0 heterocycles. The van der Waals surface area contributed by atoms with Gasteiger partial charge in [-0.15, -0.1) is 0 Å². The largest absolute Gasteiger partial charge is 0.484 e. The molecule has 1 fully saturated rings. The highest BCUT2D eigenvalue weighted by Crippen LogP contribution is 2.27. The third kappa shape index (κ3) is 4.43. The van der Waals surface area contributed by atoms with Crippen LogP contribution >= 0.6 is 11.6 Å². The normalized spacial score (nSPS) is 14.5. The summed E-state index contributed by atoms with van der Waals surface area (Å²) in [7, 11) is 0. The predicted molar refractivity (Wildman–Crippen MR) is 76.5 cm³/mol. The zero-order chi connectivity index (χ0) is 13.8. The molecule has 19 heavy (non-hydrogen) atoms. The maximum atomic E-state index is 12.2. The Kier molecular flexibility index (Phi) is 4.70. The van der Waals surface area contributed by atoms with Gasteiger partial charge in [0.25, 0.3) is 5.91 Å². The average molecular weight is 282 g/mol. The van der Waals surface area contributed by atoms with E-state index < -0.39 is 0 Å². The van der Waals surface area contributed by atoms with Gasteiger partial charge in [0, 0.05) is 17.6 Å². The number of halogens is 1. The van der Waals surface area contributed by atoms with Crippen LogP contribution < -0.4 is 4.74 Å². The van der Waals surface area contributed by atoms with Crippen LogP contribution in [-0.2, 0) is 4.79 Å². The van der Waals surface area contributed by atoms with Crippen LogP contribution in [0, 0.1) is 5.92 Å². The molecule has 0 aromatic heterocycles. The Morgan fingerprint density at radius 3 is 2.53 bits per heavy atom. The lowest BCUT2D eigenvalue weighted by molar-refractivity contribution is -0.134. The van der Waals surface area contributed by atoms with Crippen molar-refractivity contribution in [3.05, 3.63) is 29.3 Å². The Balaban J connectivity index is 1.86. The Morgan fingerprint density at radius 1 is 1.37 bits per heavy atom. The summed E-state index contributed by atoms with van der Waals surface area (Å²) in [4.78, 5) is 14.1. The smallest absolute Gasteiger partial charge is 0.260 e. The van der Waals surface area contributed by atoms with E-state index in [2.05, 4.69) is 13.8 Å². The van der Waals surface area contributed by atoms with E-state index in [0.717, 1.165) is 19.4 Å². The number of rotatable bonds is 6. The quantitative estimate of drug-likeness (QED) is 0.800. The van der Waals surface area contributed by atoms with Crippen molar-refractivity contribution in [3.8, 4) is 5.75 Å². The van der Waals surface area contributed by atoms with E-state index in [9.17, 15) is 4.79 Å². The molecule has 1 aliphatic rings. The summed E-state index contributed by atoms with van der Waals surface area (Å²) in [6.07, 6.45) is 2.25. The maximum absolute atomic E-state index is 12.2. The van der Waals surface area contributed by atoms with Crippen LogP contribution in [0.3, 0.4) is 0 Å².